The lowest BCUT2D eigenvalue weighted by molar-refractivity contribution is 0.477. The summed E-state index contributed by atoms with van der Waals surface area (Å²) in [6.07, 6.45) is 3.33. The van der Waals surface area contributed by atoms with Gasteiger partial charge in [0.25, 0.3) is 0 Å². The number of allylic oxidation sites excluding steroid dienone is 1. The normalized spacial score (nSPS) is 13.8. The van der Waals surface area contributed by atoms with E-state index < -0.39 is 0 Å². The van der Waals surface area contributed by atoms with Crippen LogP contribution in [0.25, 0.3) is 17.2 Å². The first-order chi connectivity index (χ1) is 14.8. The molecule has 2 heteroatoms. The van der Waals surface area contributed by atoms with Crippen LogP contribution in [0.2, 0.25) is 0 Å². The lowest BCUT2D eigenvalue weighted by atomic mass is 9.95. The van der Waals surface area contributed by atoms with Crippen LogP contribution in [-0.4, -0.2) is 0 Å². The summed E-state index contributed by atoms with van der Waals surface area (Å²) in [5.41, 5.74) is 9.96. The van der Waals surface area contributed by atoms with Crippen molar-refractivity contribution in [1.82, 2.24) is 0 Å². The summed E-state index contributed by atoms with van der Waals surface area (Å²) in [6.45, 7) is 2.22. The number of benzene rings is 4. The van der Waals surface area contributed by atoms with Crippen LogP contribution < -0.4 is 9.64 Å². The van der Waals surface area contributed by atoms with Crippen LogP contribution in [0.3, 0.4) is 0 Å². The Balaban J connectivity index is 1.61. The number of rotatable bonds is 2. The van der Waals surface area contributed by atoms with Crippen molar-refractivity contribution in [2.45, 2.75) is 13.3 Å². The van der Waals surface area contributed by atoms with E-state index in [4.69, 9.17) is 4.74 Å². The highest BCUT2D eigenvalue weighted by atomic mass is 16.5. The molecule has 1 heterocycles. The minimum absolute atomic E-state index is 0.882. The molecule has 6 rings (SSSR count). The van der Waals surface area contributed by atoms with Crippen LogP contribution >= 0.6 is 0 Å². The van der Waals surface area contributed by atoms with Crippen molar-refractivity contribution in [3.05, 3.63) is 108 Å². The average Bonchev–Trinajstić information content (AvgIpc) is 3.17. The molecule has 30 heavy (non-hydrogen) atoms. The lowest BCUT2D eigenvalue weighted by Crippen LogP contribution is -2.16. The Morgan fingerprint density at radius 1 is 0.733 bits per heavy atom. The molecule has 0 spiro atoms. The van der Waals surface area contributed by atoms with Crippen molar-refractivity contribution in [2.75, 3.05) is 4.90 Å². The second-order valence-electron chi connectivity index (χ2n) is 7.97. The Labute approximate surface area is 176 Å². The van der Waals surface area contributed by atoms with E-state index in [1.54, 1.807) is 0 Å². The zero-order valence-corrected chi connectivity index (χ0v) is 16.8. The zero-order chi connectivity index (χ0) is 20.1. The van der Waals surface area contributed by atoms with Gasteiger partial charge in [0.2, 0.25) is 0 Å². The largest absolute Gasteiger partial charge is 0.453 e. The van der Waals surface area contributed by atoms with E-state index in [1.807, 2.05) is 24.3 Å². The summed E-state index contributed by atoms with van der Waals surface area (Å²) in [4.78, 5) is 2.33. The van der Waals surface area contributed by atoms with E-state index in [0.717, 1.165) is 29.3 Å². The van der Waals surface area contributed by atoms with Crippen molar-refractivity contribution >= 4 is 23.1 Å². The van der Waals surface area contributed by atoms with Crippen LogP contribution in [0.1, 0.15) is 18.1 Å². The Hall–Kier alpha value is -3.78. The van der Waals surface area contributed by atoms with Gasteiger partial charge in [0.1, 0.15) is 0 Å². The monoisotopic (exact) mass is 387 g/mol. The molecule has 0 aromatic heterocycles. The molecule has 0 N–H and O–H groups in total. The molecule has 0 unspecified atom stereocenters. The van der Waals surface area contributed by atoms with E-state index in [2.05, 4.69) is 84.6 Å². The van der Waals surface area contributed by atoms with Crippen LogP contribution in [0, 0.1) is 0 Å². The molecular weight excluding hydrogens is 366 g/mol. The Morgan fingerprint density at radius 3 is 2.07 bits per heavy atom. The van der Waals surface area contributed by atoms with Gasteiger partial charge in [0.05, 0.1) is 11.4 Å². The molecule has 0 fully saturated rings. The van der Waals surface area contributed by atoms with Gasteiger partial charge in [-0.2, -0.15) is 0 Å². The SMILES string of the molecule is CC1=Cc2c(cc(N3c4ccccc4Oc4ccccc43)cc2-c2ccccc2)C1. The molecule has 0 saturated heterocycles. The first kappa shape index (κ1) is 17.1. The minimum Gasteiger partial charge on any atom is -0.453 e. The van der Waals surface area contributed by atoms with Gasteiger partial charge in [-0.1, -0.05) is 66.2 Å². The molecule has 0 saturated carbocycles. The molecule has 2 nitrogen and oxygen atoms in total. The molecule has 144 valence electrons. The van der Waals surface area contributed by atoms with Gasteiger partial charge in [-0.25, -0.2) is 0 Å². The summed E-state index contributed by atoms with van der Waals surface area (Å²) in [7, 11) is 0. The Kier molecular flexibility index (Phi) is 3.78. The number of anilines is 3. The van der Waals surface area contributed by atoms with E-state index >= 15 is 0 Å². The standard InChI is InChI=1S/C28H21NO/c1-19-15-21-17-22(18-24(23(21)16-19)20-9-3-2-4-10-20)29-25-11-5-7-13-27(25)30-28-14-8-6-12-26(28)29/h2-14,16-18H,15H2,1H3. The third-order valence-corrected chi connectivity index (χ3v) is 5.89. The van der Waals surface area contributed by atoms with Crippen LogP contribution in [-0.2, 0) is 6.42 Å². The van der Waals surface area contributed by atoms with Gasteiger partial charge in [0.15, 0.2) is 11.5 Å². The molecular formula is C28H21NO. The first-order valence-electron chi connectivity index (χ1n) is 10.3. The maximum Gasteiger partial charge on any atom is 0.151 e. The number of para-hydroxylation sites is 4. The molecule has 2 aliphatic rings. The number of nitrogens with zero attached hydrogens (tertiary/aromatic N) is 1. The van der Waals surface area contributed by atoms with Crippen LogP contribution in [0.15, 0.2) is 96.6 Å². The predicted octanol–water partition coefficient (Wildman–Crippen LogP) is 7.89. The predicted molar refractivity (Wildman–Crippen MR) is 124 cm³/mol. The smallest absolute Gasteiger partial charge is 0.151 e. The molecule has 0 bridgehead atoms. The highest BCUT2D eigenvalue weighted by Crippen LogP contribution is 2.51. The maximum absolute atomic E-state index is 6.20. The van der Waals surface area contributed by atoms with Crippen molar-refractivity contribution in [2.24, 2.45) is 0 Å². The second-order valence-corrected chi connectivity index (χ2v) is 7.97. The molecule has 0 amide bonds. The number of fused-ring (bicyclic) bond motifs is 3. The average molecular weight is 387 g/mol. The van der Waals surface area contributed by atoms with Gasteiger partial charge >= 0.3 is 0 Å². The number of ether oxygens (including phenoxy) is 1. The molecule has 4 aromatic rings. The fourth-order valence-corrected chi connectivity index (χ4v) is 4.58. The van der Waals surface area contributed by atoms with E-state index in [9.17, 15) is 0 Å². The van der Waals surface area contributed by atoms with Gasteiger partial charge < -0.3 is 9.64 Å². The third-order valence-electron chi connectivity index (χ3n) is 5.89. The summed E-state index contributed by atoms with van der Waals surface area (Å²) < 4.78 is 6.20. The molecule has 0 atom stereocenters. The third kappa shape index (κ3) is 2.65. The van der Waals surface area contributed by atoms with Crippen molar-refractivity contribution in [3.63, 3.8) is 0 Å². The molecule has 0 radical (unpaired) electrons. The summed E-state index contributed by atoms with van der Waals surface area (Å²) in [5.74, 6) is 1.76. The fourth-order valence-electron chi connectivity index (χ4n) is 4.58. The summed E-state index contributed by atoms with van der Waals surface area (Å²) in [5, 5.41) is 0. The fraction of sp³-hybridized carbons (Fsp3) is 0.0714. The molecule has 1 aliphatic carbocycles. The van der Waals surface area contributed by atoms with E-state index in [1.165, 1.54) is 33.5 Å². The van der Waals surface area contributed by atoms with Crippen LogP contribution in [0.5, 0.6) is 11.5 Å². The van der Waals surface area contributed by atoms with Gasteiger partial charge in [-0.05, 0) is 72.0 Å². The van der Waals surface area contributed by atoms with Crippen molar-refractivity contribution in [3.8, 4) is 22.6 Å². The molecule has 1 aliphatic heterocycles. The topological polar surface area (TPSA) is 12.5 Å². The quantitative estimate of drug-likeness (QED) is 0.305. The maximum atomic E-state index is 6.20. The highest BCUT2D eigenvalue weighted by molar-refractivity contribution is 5.91. The van der Waals surface area contributed by atoms with E-state index in [-0.39, 0.29) is 0 Å². The number of hydrogen-bond acceptors (Lipinski definition) is 2. The number of hydrogen-bond donors (Lipinski definition) is 0. The summed E-state index contributed by atoms with van der Waals surface area (Å²) in [6, 6.07) is 31.9. The Morgan fingerprint density at radius 2 is 1.37 bits per heavy atom. The Bertz CT molecular complexity index is 1260. The minimum atomic E-state index is 0.882. The lowest BCUT2D eigenvalue weighted by Gasteiger charge is -2.33. The highest BCUT2D eigenvalue weighted by Gasteiger charge is 2.27. The first-order valence-corrected chi connectivity index (χ1v) is 10.3. The van der Waals surface area contributed by atoms with Crippen molar-refractivity contribution in [1.29, 1.82) is 0 Å². The molecule has 4 aromatic carbocycles. The van der Waals surface area contributed by atoms with Gasteiger partial charge in [0, 0.05) is 5.69 Å². The van der Waals surface area contributed by atoms with E-state index in [0.29, 0.717) is 0 Å². The van der Waals surface area contributed by atoms with Crippen LogP contribution in [0.4, 0.5) is 17.1 Å². The second kappa shape index (κ2) is 6.64. The van der Waals surface area contributed by atoms with Gasteiger partial charge in [-0.15, -0.1) is 0 Å². The van der Waals surface area contributed by atoms with Crippen molar-refractivity contribution < 1.29 is 4.74 Å². The summed E-state index contributed by atoms with van der Waals surface area (Å²) >= 11 is 0. The zero-order valence-electron chi connectivity index (χ0n) is 16.8. The van der Waals surface area contributed by atoms with Gasteiger partial charge in [-0.3, -0.25) is 0 Å².